The highest BCUT2D eigenvalue weighted by atomic mass is 32.1. The minimum absolute atomic E-state index is 0.392. The first-order valence-electron chi connectivity index (χ1n) is 7.77. The Morgan fingerprint density at radius 2 is 2.04 bits per heavy atom. The summed E-state index contributed by atoms with van der Waals surface area (Å²) in [5.41, 5.74) is 1.15. The summed E-state index contributed by atoms with van der Waals surface area (Å²) in [6.45, 7) is 6.43. The number of hydrogen-bond donors (Lipinski definition) is 1. The molecule has 130 valence electrons. The van der Waals surface area contributed by atoms with E-state index < -0.39 is 12.2 Å². The van der Waals surface area contributed by atoms with E-state index in [0.29, 0.717) is 32.7 Å². The van der Waals surface area contributed by atoms with Crippen LogP contribution < -0.4 is 5.32 Å². The molecule has 1 N–H and O–H groups in total. The average Bonchev–Trinajstić information content (AvgIpc) is 3.03. The van der Waals surface area contributed by atoms with E-state index in [1.807, 2.05) is 23.3 Å². The first kappa shape index (κ1) is 18.1. The van der Waals surface area contributed by atoms with Gasteiger partial charge in [0.05, 0.1) is 6.54 Å². The summed E-state index contributed by atoms with van der Waals surface area (Å²) < 4.78 is 38.4. The van der Waals surface area contributed by atoms with E-state index in [1.54, 1.807) is 11.3 Å². The van der Waals surface area contributed by atoms with Gasteiger partial charge in [-0.15, -0.1) is 0 Å². The SMILES string of the molecule is CCNC(=NCc1ccsc1)N1CCN(C(C)C(F)(F)F)CC1. The number of nitrogens with zero attached hydrogens (tertiary/aromatic N) is 3. The molecule has 2 rings (SSSR count). The molecule has 0 radical (unpaired) electrons. The Kier molecular flexibility index (Phi) is 6.29. The standard InChI is InChI=1S/C15H23F3N4S/c1-3-19-14(20-10-13-4-9-23-11-13)22-7-5-21(6-8-22)12(2)15(16,17)18/h4,9,11-12H,3,5-8,10H2,1-2H3,(H,19,20). The van der Waals surface area contributed by atoms with Crippen LogP contribution in [0.2, 0.25) is 0 Å². The number of hydrogen-bond acceptors (Lipinski definition) is 3. The largest absolute Gasteiger partial charge is 0.403 e. The summed E-state index contributed by atoms with van der Waals surface area (Å²) >= 11 is 1.63. The smallest absolute Gasteiger partial charge is 0.357 e. The van der Waals surface area contributed by atoms with Crippen molar-refractivity contribution in [3.8, 4) is 0 Å². The van der Waals surface area contributed by atoms with Gasteiger partial charge in [-0.3, -0.25) is 4.90 Å². The zero-order valence-electron chi connectivity index (χ0n) is 13.4. The molecule has 1 aromatic rings. The van der Waals surface area contributed by atoms with Crippen LogP contribution in [0.25, 0.3) is 0 Å². The second kappa shape index (κ2) is 8.01. The van der Waals surface area contributed by atoms with E-state index in [9.17, 15) is 13.2 Å². The minimum atomic E-state index is -4.17. The maximum absolute atomic E-state index is 12.8. The van der Waals surface area contributed by atoms with E-state index in [0.717, 1.165) is 18.1 Å². The summed E-state index contributed by atoms with van der Waals surface area (Å²) in [5.74, 6) is 0.776. The maximum atomic E-state index is 12.8. The van der Waals surface area contributed by atoms with Gasteiger partial charge in [-0.25, -0.2) is 4.99 Å². The number of halogens is 3. The first-order chi connectivity index (χ1) is 10.9. The van der Waals surface area contributed by atoms with Gasteiger partial charge in [-0.05, 0) is 36.2 Å². The van der Waals surface area contributed by atoms with Crippen molar-refractivity contribution in [1.29, 1.82) is 0 Å². The minimum Gasteiger partial charge on any atom is -0.357 e. The lowest BCUT2D eigenvalue weighted by Gasteiger charge is -2.39. The van der Waals surface area contributed by atoms with E-state index >= 15 is 0 Å². The molecule has 0 aliphatic carbocycles. The van der Waals surface area contributed by atoms with Gasteiger partial charge in [0.15, 0.2) is 5.96 Å². The van der Waals surface area contributed by atoms with Crippen molar-refractivity contribution in [2.45, 2.75) is 32.6 Å². The van der Waals surface area contributed by atoms with Crippen LogP contribution in [0.4, 0.5) is 13.2 Å². The Balaban J connectivity index is 1.93. The molecule has 8 heteroatoms. The molecule has 0 spiro atoms. The van der Waals surface area contributed by atoms with E-state index in [-0.39, 0.29) is 0 Å². The van der Waals surface area contributed by atoms with Gasteiger partial charge in [0.1, 0.15) is 6.04 Å². The fourth-order valence-corrected chi connectivity index (χ4v) is 3.16. The van der Waals surface area contributed by atoms with Gasteiger partial charge in [0.25, 0.3) is 0 Å². The summed E-state index contributed by atoms with van der Waals surface area (Å²) in [7, 11) is 0. The molecule has 1 atom stereocenters. The van der Waals surface area contributed by atoms with Crippen LogP contribution in [0.15, 0.2) is 21.8 Å². The van der Waals surface area contributed by atoms with E-state index in [4.69, 9.17) is 0 Å². The number of rotatable bonds is 4. The Morgan fingerprint density at radius 1 is 1.35 bits per heavy atom. The van der Waals surface area contributed by atoms with Crippen molar-refractivity contribution in [1.82, 2.24) is 15.1 Å². The van der Waals surface area contributed by atoms with Crippen molar-refractivity contribution in [2.24, 2.45) is 4.99 Å². The van der Waals surface area contributed by atoms with Crippen molar-refractivity contribution in [3.05, 3.63) is 22.4 Å². The predicted octanol–water partition coefficient (Wildman–Crippen LogP) is 2.78. The van der Waals surface area contributed by atoms with Gasteiger partial charge in [0.2, 0.25) is 0 Å². The normalized spacial score (nSPS) is 19.0. The topological polar surface area (TPSA) is 30.9 Å². The molecule has 0 saturated carbocycles. The van der Waals surface area contributed by atoms with Crippen molar-refractivity contribution >= 4 is 17.3 Å². The van der Waals surface area contributed by atoms with Crippen molar-refractivity contribution < 1.29 is 13.2 Å². The second-order valence-corrected chi connectivity index (χ2v) is 6.32. The zero-order valence-corrected chi connectivity index (χ0v) is 14.3. The molecule has 1 aromatic heterocycles. The molecule has 0 bridgehead atoms. The molecule has 2 heterocycles. The first-order valence-corrected chi connectivity index (χ1v) is 8.71. The van der Waals surface area contributed by atoms with Gasteiger partial charge in [0, 0.05) is 32.7 Å². The number of nitrogens with one attached hydrogen (secondary N) is 1. The van der Waals surface area contributed by atoms with E-state index in [2.05, 4.69) is 15.7 Å². The monoisotopic (exact) mass is 348 g/mol. The Morgan fingerprint density at radius 3 is 2.57 bits per heavy atom. The van der Waals surface area contributed by atoms with Gasteiger partial charge < -0.3 is 10.2 Å². The third-order valence-corrected chi connectivity index (χ3v) is 4.69. The third kappa shape index (κ3) is 5.10. The molecular formula is C15H23F3N4S. The fourth-order valence-electron chi connectivity index (χ4n) is 2.50. The van der Waals surface area contributed by atoms with Crippen molar-refractivity contribution in [3.63, 3.8) is 0 Å². The van der Waals surface area contributed by atoms with Crippen LogP contribution in [-0.4, -0.2) is 60.7 Å². The van der Waals surface area contributed by atoms with Crippen LogP contribution in [0.5, 0.6) is 0 Å². The lowest BCUT2D eigenvalue weighted by atomic mass is 10.2. The highest BCUT2D eigenvalue weighted by molar-refractivity contribution is 7.07. The average molecular weight is 348 g/mol. The zero-order chi connectivity index (χ0) is 16.9. The van der Waals surface area contributed by atoms with E-state index in [1.165, 1.54) is 11.8 Å². The number of alkyl halides is 3. The van der Waals surface area contributed by atoms with Crippen LogP contribution >= 0.6 is 11.3 Å². The molecule has 1 saturated heterocycles. The van der Waals surface area contributed by atoms with Crippen LogP contribution in [0, 0.1) is 0 Å². The predicted molar refractivity (Wildman–Crippen MR) is 87.8 cm³/mol. The number of guanidine groups is 1. The number of thiophene rings is 1. The summed E-state index contributed by atoms with van der Waals surface area (Å²) in [6, 6.07) is 0.635. The highest BCUT2D eigenvalue weighted by Crippen LogP contribution is 2.25. The summed E-state index contributed by atoms with van der Waals surface area (Å²) in [5, 5.41) is 7.29. The van der Waals surface area contributed by atoms with Crippen LogP contribution in [-0.2, 0) is 6.54 Å². The van der Waals surface area contributed by atoms with Crippen LogP contribution in [0.3, 0.4) is 0 Å². The fraction of sp³-hybridized carbons (Fsp3) is 0.667. The van der Waals surface area contributed by atoms with Gasteiger partial charge in [-0.2, -0.15) is 24.5 Å². The molecule has 1 unspecified atom stereocenters. The molecule has 4 nitrogen and oxygen atoms in total. The highest BCUT2D eigenvalue weighted by Gasteiger charge is 2.41. The van der Waals surface area contributed by atoms with Gasteiger partial charge >= 0.3 is 6.18 Å². The summed E-state index contributed by atoms with van der Waals surface area (Å²) in [6.07, 6.45) is -4.17. The Labute approximate surface area is 139 Å². The molecule has 23 heavy (non-hydrogen) atoms. The molecule has 1 aliphatic heterocycles. The Bertz CT molecular complexity index is 493. The number of piperazine rings is 1. The summed E-state index contributed by atoms with van der Waals surface area (Å²) in [4.78, 5) is 8.12. The molecule has 1 fully saturated rings. The quantitative estimate of drug-likeness (QED) is 0.671. The lowest BCUT2D eigenvalue weighted by molar-refractivity contribution is -0.181. The lowest BCUT2D eigenvalue weighted by Crippen LogP contribution is -2.56. The van der Waals surface area contributed by atoms with Gasteiger partial charge in [-0.1, -0.05) is 0 Å². The number of aliphatic imine (C=N–C) groups is 1. The molecular weight excluding hydrogens is 325 g/mol. The van der Waals surface area contributed by atoms with Crippen LogP contribution in [0.1, 0.15) is 19.4 Å². The molecule has 1 aliphatic rings. The van der Waals surface area contributed by atoms with Crippen molar-refractivity contribution in [2.75, 3.05) is 32.7 Å². The molecule has 0 aromatic carbocycles. The second-order valence-electron chi connectivity index (χ2n) is 5.54. The maximum Gasteiger partial charge on any atom is 0.403 e. The third-order valence-electron chi connectivity index (χ3n) is 3.96. The Hall–Kier alpha value is -1.28. The molecule has 0 amide bonds.